The molecule has 2 N–H and O–H groups in total. The number of fused-ring (bicyclic) bond motifs is 1. The number of aromatic nitrogens is 3. The van der Waals surface area contributed by atoms with Crippen LogP contribution in [0, 0.1) is 13.8 Å². The summed E-state index contributed by atoms with van der Waals surface area (Å²) in [5.41, 5.74) is 8.35. The summed E-state index contributed by atoms with van der Waals surface area (Å²) in [5.74, 6) is 0.668. The topological polar surface area (TPSA) is 56.2 Å². The summed E-state index contributed by atoms with van der Waals surface area (Å²) in [6.45, 7) is 3.79. The second-order valence-electron chi connectivity index (χ2n) is 2.93. The van der Waals surface area contributed by atoms with Crippen molar-refractivity contribution in [1.29, 1.82) is 0 Å². The van der Waals surface area contributed by atoms with E-state index in [0.29, 0.717) is 5.82 Å². The van der Waals surface area contributed by atoms with Crippen LogP contribution in [0.3, 0.4) is 0 Å². The van der Waals surface area contributed by atoms with Gasteiger partial charge in [0.2, 0.25) is 0 Å². The maximum Gasteiger partial charge on any atom is 0.160 e. The largest absolute Gasteiger partial charge is 0.383 e. The maximum absolute atomic E-state index is 5.83. The average molecular weight is 241 g/mol. The number of hydrogen-bond donors (Lipinski definition) is 1. The van der Waals surface area contributed by atoms with Gasteiger partial charge in [0.25, 0.3) is 0 Å². The minimum Gasteiger partial charge on any atom is -0.383 e. The Bertz CT molecular complexity index is 474. The van der Waals surface area contributed by atoms with Crippen molar-refractivity contribution < 1.29 is 0 Å². The number of nitrogen functional groups attached to an aromatic ring is 1. The number of imidazole rings is 1. The molecular weight excluding hydrogens is 232 g/mol. The third-order valence-corrected chi connectivity index (χ3v) is 2.35. The number of anilines is 1. The van der Waals surface area contributed by atoms with Crippen molar-refractivity contribution in [3.8, 4) is 0 Å². The monoisotopic (exact) mass is 240 g/mol. The van der Waals surface area contributed by atoms with Crippen LogP contribution in [0.15, 0.2) is 10.8 Å². The number of hydrogen-bond acceptors (Lipinski definition) is 3. The summed E-state index contributed by atoms with van der Waals surface area (Å²) in [6.07, 6.45) is 1.82. The highest BCUT2D eigenvalue weighted by Gasteiger charge is 2.08. The molecule has 4 nitrogen and oxygen atoms in total. The first-order chi connectivity index (χ1) is 6.09. The zero-order valence-electron chi connectivity index (χ0n) is 7.37. The van der Waals surface area contributed by atoms with E-state index in [1.54, 1.807) is 0 Å². The molecule has 0 fully saturated rings. The van der Waals surface area contributed by atoms with Gasteiger partial charge in [-0.05, 0) is 29.8 Å². The number of nitrogens with two attached hydrogens (primary N) is 1. The molecule has 2 aromatic rings. The van der Waals surface area contributed by atoms with E-state index in [4.69, 9.17) is 5.73 Å². The first kappa shape index (κ1) is 8.50. The molecule has 68 valence electrons. The third kappa shape index (κ3) is 1.19. The summed E-state index contributed by atoms with van der Waals surface area (Å²) < 4.78 is 2.60. The third-order valence-electron chi connectivity index (χ3n) is 1.97. The first-order valence-corrected chi connectivity index (χ1v) is 4.66. The first-order valence-electron chi connectivity index (χ1n) is 3.87. The van der Waals surface area contributed by atoms with Crippen LogP contribution >= 0.6 is 15.9 Å². The second kappa shape index (κ2) is 2.70. The van der Waals surface area contributed by atoms with Crippen LogP contribution in [-0.2, 0) is 0 Å². The van der Waals surface area contributed by atoms with Gasteiger partial charge in [-0.1, -0.05) is 0 Å². The minimum absolute atomic E-state index is 0.668. The minimum atomic E-state index is 0.668. The van der Waals surface area contributed by atoms with Crippen LogP contribution in [0.5, 0.6) is 0 Å². The van der Waals surface area contributed by atoms with Gasteiger partial charge in [0, 0.05) is 6.20 Å². The Morgan fingerprint density at radius 2 is 2.00 bits per heavy atom. The Morgan fingerprint density at radius 1 is 1.31 bits per heavy atom. The molecular formula is C8H9BrN4. The lowest BCUT2D eigenvalue weighted by molar-refractivity contribution is 1.06. The van der Waals surface area contributed by atoms with Gasteiger partial charge in [-0.25, -0.2) is 9.97 Å². The molecule has 2 rings (SSSR count). The molecule has 5 heteroatoms. The predicted molar refractivity (Wildman–Crippen MR) is 54.6 cm³/mol. The van der Waals surface area contributed by atoms with Gasteiger partial charge in [0.1, 0.15) is 10.4 Å². The van der Waals surface area contributed by atoms with E-state index in [9.17, 15) is 0 Å². The smallest absolute Gasteiger partial charge is 0.160 e. The van der Waals surface area contributed by atoms with E-state index in [-0.39, 0.29) is 0 Å². The predicted octanol–water partition coefficient (Wildman–Crippen LogP) is 1.69. The number of aryl methyl sites for hydroxylation is 2. The summed E-state index contributed by atoms with van der Waals surface area (Å²) in [6, 6.07) is 0. The van der Waals surface area contributed by atoms with Crippen LogP contribution in [0.25, 0.3) is 5.65 Å². The summed E-state index contributed by atoms with van der Waals surface area (Å²) in [4.78, 5) is 8.54. The van der Waals surface area contributed by atoms with Crippen molar-refractivity contribution in [2.24, 2.45) is 0 Å². The summed E-state index contributed by atoms with van der Waals surface area (Å²) in [7, 11) is 0. The normalized spacial score (nSPS) is 11.0. The van der Waals surface area contributed by atoms with Crippen LogP contribution in [-0.4, -0.2) is 14.4 Å². The fourth-order valence-corrected chi connectivity index (χ4v) is 1.76. The number of halogens is 1. The summed E-state index contributed by atoms with van der Waals surface area (Å²) >= 11 is 3.31. The lowest BCUT2D eigenvalue weighted by Gasteiger charge is -1.99. The van der Waals surface area contributed by atoms with Gasteiger partial charge in [-0.2, -0.15) is 0 Å². The molecule has 0 unspecified atom stereocenters. The fourth-order valence-electron chi connectivity index (χ4n) is 1.29. The molecule has 0 aliphatic heterocycles. The standard InChI is InChI=1S/C8H9BrN4/c1-4-7(10)13-3-6(9)11-5(2)8(13)12-4/h3H,10H2,1-2H3. The molecule has 2 heterocycles. The molecule has 0 aliphatic carbocycles. The SMILES string of the molecule is Cc1nc2c(C)nc(Br)cn2c1N. The molecule has 0 saturated carbocycles. The summed E-state index contributed by atoms with van der Waals surface area (Å²) in [5, 5.41) is 0. The quantitative estimate of drug-likeness (QED) is 0.763. The van der Waals surface area contributed by atoms with E-state index in [0.717, 1.165) is 21.6 Å². The van der Waals surface area contributed by atoms with Gasteiger partial charge in [0.05, 0.1) is 11.4 Å². The number of rotatable bonds is 0. The van der Waals surface area contributed by atoms with Gasteiger partial charge >= 0.3 is 0 Å². The molecule has 13 heavy (non-hydrogen) atoms. The van der Waals surface area contributed by atoms with E-state index >= 15 is 0 Å². The number of nitrogens with zero attached hydrogens (tertiary/aromatic N) is 3. The van der Waals surface area contributed by atoms with Crippen LogP contribution < -0.4 is 5.73 Å². The zero-order chi connectivity index (χ0) is 9.59. The second-order valence-corrected chi connectivity index (χ2v) is 3.74. The van der Waals surface area contributed by atoms with Crippen molar-refractivity contribution in [3.05, 3.63) is 22.2 Å². The molecule has 0 radical (unpaired) electrons. The molecule has 0 atom stereocenters. The average Bonchev–Trinajstić information content (AvgIpc) is 2.32. The fraction of sp³-hybridized carbons (Fsp3) is 0.250. The van der Waals surface area contributed by atoms with Crippen LogP contribution in [0.4, 0.5) is 5.82 Å². The van der Waals surface area contributed by atoms with E-state index in [1.807, 2.05) is 24.4 Å². The Kier molecular flexibility index (Phi) is 1.76. The van der Waals surface area contributed by atoms with E-state index < -0.39 is 0 Å². The zero-order valence-corrected chi connectivity index (χ0v) is 8.96. The Hall–Kier alpha value is -1.10. The van der Waals surface area contributed by atoms with E-state index in [1.165, 1.54) is 0 Å². The highest BCUT2D eigenvalue weighted by atomic mass is 79.9. The molecule has 0 aliphatic rings. The van der Waals surface area contributed by atoms with Crippen LogP contribution in [0.2, 0.25) is 0 Å². The van der Waals surface area contributed by atoms with Crippen molar-refractivity contribution in [2.45, 2.75) is 13.8 Å². The van der Waals surface area contributed by atoms with Crippen molar-refractivity contribution in [1.82, 2.24) is 14.4 Å². The molecule has 0 amide bonds. The Balaban J connectivity index is 2.94. The lowest BCUT2D eigenvalue weighted by Crippen LogP contribution is -1.96. The van der Waals surface area contributed by atoms with Gasteiger partial charge in [-0.15, -0.1) is 0 Å². The Labute approximate surface area is 83.9 Å². The van der Waals surface area contributed by atoms with Gasteiger partial charge < -0.3 is 5.73 Å². The Morgan fingerprint density at radius 3 is 2.69 bits per heavy atom. The van der Waals surface area contributed by atoms with Crippen molar-refractivity contribution in [3.63, 3.8) is 0 Å². The maximum atomic E-state index is 5.83. The van der Waals surface area contributed by atoms with Crippen molar-refractivity contribution >= 4 is 27.4 Å². The van der Waals surface area contributed by atoms with E-state index in [2.05, 4.69) is 25.9 Å². The lowest BCUT2D eigenvalue weighted by atomic mass is 10.5. The molecule has 0 spiro atoms. The molecule has 0 bridgehead atoms. The van der Waals surface area contributed by atoms with Gasteiger partial charge in [0.15, 0.2) is 5.65 Å². The highest BCUT2D eigenvalue weighted by Crippen LogP contribution is 2.18. The molecule has 2 aromatic heterocycles. The van der Waals surface area contributed by atoms with Gasteiger partial charge in [-0.3, -0.25) is 4.40 Å². The molecule has 0 aromatic carbocycles. The molecule has 0 saturated heterocycles. The highest BCUT2D eigenvalue weighted by molar-refractivity contribution is 9.10. The van der Waals surface area contributed by atoms with Crippen LogP contribution in [0.1, 0.15) is 11.4 Å². The van der Waals surface area contributed by atoms with Crippen molar-refractivity contribution in [2.75, 3.05) is 5.73 Å².